The summed E-state index contributed by atoms with van der Waals surface area (Å²) in [5.74, 6) is -0.371. The van der Waals surface area contributed by atoms with E-state index in [1.54, 1.807) is 5.37 Å². The molecule has 0 aromatic heterocycles. The molecule has 4 nitrogen and oxygen atoms in total. The molecule has 0 saturated heterocycles. The lowest BCUT2D eigenvalue weighted by Crippen LogP contribution is -2.23. The largest absolute Gasteiger partial charge is 0.469 e. The fourth-order valence-corrected chi connectivity index (χ4v) is 2.42. The molecule has 0 heterocycles. The maximum atomic E-state index is 11.4. The minimum absolute atomic E-state index is 0.0952. The van der Waals surface area contributed by atoms with Gasteiger partial charge in [-0.2, -0.15) is 0 Å². The number of esters is 1. The number of rotatable bonds is 7. The Morgan fingerprint density at radius 3 is 2.17 bits per heavy atom. The van der Waals surface area contributed by atoms with Crippen LogP contribution in [0.4, 0.5) is 0 Å². The lowest BCUT2D eigenvalue weighted by Gasteiger charge is -2.15. The molecule has 0 aliphatic heterocycles. The standard InChI is InChI=1S/C18H17NO3S/c1-22-18(21)10-17(19-12-20)16-8-6-15(7-9-16)14-4-2-13(11-23)3-5-14/h2-9,11-12,17H,10H2,1H3,(H,19,20). The van der Waals surface area contributed by atoms with E-state index in [9.17, 15) is 9.59 Å². The first-order chi connectivity index (χ1) is 11.2. The van der Waals surface area contributed by atoms with E-state index in [-0.39, 0.29) is 12.4 Å². The molecule has 23 heavy (non-hydrogen) atoms. The topological polar surface area (TPSA) is 55.4 Å². The summed E-state index contributed by atoms with van der Waals surface area (Å²) in [5.41, 5.74) is 3.97. The van der Waals surface area contributed by atoms with Crippen molar-refractivity contribution in [2.45, 2.75) is 12.5 Å². The van der Waals surface area contributed by atoms with Gasteiger partial charge in [0.2, 0.25) is 6.41 Å². The molecule has 2 aromatic carbocycles. The summed E-state index contributed by atoms with van der Waals surface area (Å²) in [6, 6.07) is 15.2. The third-order valence-corrected chi connectivity index (χ3v) is 3.83. The number of ether oxygens (including phenoxy) is 1. The predicted molar refractivity (Wildman–Crippen MR) is 93.2 cm³/mol. The Labute approximate surface area is 140 Å². The van der Waals surface area contributed by atoms with Gasteiger partial charge in [-0.3, -0.25) is 9.59 Å². The highest BCUT2D eigenvalue weighted by Gasteiger charge is 2.15. The van der Waals surface area contributed by atoms with E-state index in [0.717, 1.165) is 22.3 Å². The SMILES string of the molecule is COC(=O)CC(NC=O)c1ccc(-c2ccc(C=S)cc2)cc1. The molecule has 1 N–H and O–H groups in total. The van der Waals surface area contributed by atoms with E-state index in [4.69, 9.17) is 12.2 Å². The van der Waals surface area contributed by atoms with Crippen LogP contribution in [0.15, 0.2) is 48.5 Å². The summed E-state index contributed by atoms with van der Waals surface area (Å²) in [6.07, 6.45) is 0.684. The second-order valence-electron chi connectivity index (χ2n) is 4.98. The molecule has 0 spiro atoms. The predicted octanol–water partition coefficient (Wildman–Crippen LogP) is 3.05. The molecule has 0 aliphatic carbocycles. The van der Waals surface area contributed by atoms with Gasteiger partial charge in [0.1, 0.15) is 0 Å². The molecule has 1 amide bonds. The number of benzene rings is 2. The zero-order valence-electron chi connectivity index (χ0n) is 12.7. The van der Waals surface area contributed by atoms with Crippen LogP contribution < -0.4 is 5.32 Å². The molecular weight excluding hydrogens is 310 g/mol. The van der Waals surface area contributed by atoms with E-state index >= 15 is 0 Å². The Hall–Kier alpha value is -2.53. The number of carbonyl (C=O) groups excluding carboxylic acids is 2. The van der Waals surface area contributed by atoms with Crippen molar-refractivity contribution in [2.75, 3.05) is 7.11 Å². The van der Waals surface area contributed by atoms with Crippen molar-refractivity contribution >= 4 is 30.0 Å². The monoisotopic (exact) mass is 327 g/mol. The Balaban J connectivity index is 2.20. The Morgan fingerprint density at radius 1 is 1.13 bits per heavy atom. The summed E-state index contributed by atoms with van der Waals surface area (Å²) in [5, 5.41) is 4.28. The van der Waals surface area contributed by atoms with Gasteiger partial charge in [0.05, 0.1) is 19.6 Å². The third-order valence-electron chi connectivity index (χ3n) is 3.56. The van der Waals surface area contributed by atoms with Gasteiger partial charge in [0.15, 0.2) is 0 Å². The van der Waals surface area contributed by atoms with Crippen LogP contribution in [-0.2, 0) is 14.3 Å². The smallest absolute Gasteiger partial charge is 0.307 e. The molecule has 2 rings (SSSR count). The first-order valence-electron chi connectivity index (χ1n) is 7.10. The summed E-state index contributed by atoms with van der Waals surface area (Å²) in [7, 11) is 1.33. The second kappa shape index (κ2) is 8.19. The summed E-state index contributed by atoms with van der Waals surface area (Å²) < 4.78 is 4.66. The van der Waals surface area contributed by atoms with Gasteiger partial charge in [-0.15, -0.1) is 0 Å². The minimum atomic E-state index is -0.397. The fourth-order valence-electron chi connectivity index (χ4n) is 2.27. The van der Waals surface area contributed by atoms with Crippen LogP contribution >= 0.6 is 12.2 Å². The van der Waals surface area contributed by atoms with Gasteiger partial charge < -0.3 is 10.1 Å². The van der Waals surface area contributed by atoms with Crippen molar-refractivity contribution in [1.29, 1.82) is 0 Å². The zero-order valence-corrected chi connectivity index (χ0v) is 13.5. The van der Waals surface area contributed by atoms with Gasteiger partial charge in [-0.05, 0) is 22.3 Å². The van der Waals surface area contributed by atoms with Crippen LogP contribution in [0.5, 0.6) is 0 Å². The zero-order chi connectivity index (χ0) is 16.7. The fraction of sp³-hybridized carbons (Fsp3) is 0.167. The average Bonchev–Trinajstić information content (AvgIpc) is 2.61. The van der Waals surface area contributed by atoms with E-state index in [1.165, 1.54) is 7.11 Å². The average molecular weight is 327 g/mol. The van der Waals surface area contributed by atoms with Gasteiger partial charge in [0.25, 0.3) is 0 Å². The molecule has 1 unspecified atom stereocenters. The Morgan fingerprint density at radius 2 is 1.70 bits per heavy atom. The van der Waals surface area contributed by atoms with Crippen molar-refractivity contribution in [3.8, 4) is 11.1 Å². The number of carbonyl (C=O) groups is 2. The van der Waals surface area contributed by atoms with E-state index < -0.39 is 6.04 Å². The van der Waals surface area contributed by atoms with Crippen LogP contribution in [-0.4, -0.2) is 24.9 Å². The van der Waals surface area contributed by atoms with Crippen molar-refractivity contribution < 1.29 is 14.3 Å². The highest BCUT2D eigenvalue weighted by atomic mass is 32.1. The van der Waals surface area contributed by atoms with Crippen molar-refractivity contribution in [2.24, 2.45) is 0 Å². The highest BCUT2D eigenvalue weighted by Crippen LogP contribution is 2.23. The van der Waals surface area contributed by atoms with Crippen molar-refractivity contribution in [1.82, 2.24) is 5.32 Å². The van der Waals surface area contributed by atoms with Crippen LogP contribution in [0.1, 0.15) is 23.6 Å². The first-order valence-corrected chi connectivity index (χ1v) is 7.57. The Bertz CT molecular complexity index is 680. The molecule has 118 valence electrons. The molecule has 5 heteroatoms. The number of methoxy groups -OCH3 is 1. The van der Waals surface area contributed by atoms with E-state index in [1.807, 2.05) is 48.5 Å². The lowest BCUT2D eigenvalue weighted by atomic mass is 9.99. The quantitative estimate of drug-likeness (QED) is 0.482. The van der Waals surface area contributed by atoms with E-state index in [0.29, 0.717) is 6.41 Å². The maximum absolute atomic E-state index is 11.4. The van der Waals surface area contributed by atoms with Crippen LogP contribution in [0.25, 0.3) is 11.1 Å². The van der Waals surface area contributed by atoms with Gasteiger partial charge in [-0.1, -0.05) is 60.7 Å². The molecule has 0 radical (unpaired) electrons. The van der Waals surface area contributed by atoms with Gasteiger partial charge in [-0.25, -0.2) is 0 Å². The Kier molecular flexibility index (Phi) is 6.00. The van der Waals surface area contributed by atoms with Crippen molar-refractivity contribution in [3.63, 3.8) is 0 Å². The van der Waals surface area contributed by atoms with Crippen LogP contribution in [0.3, 0.4) is 0 Å². The third kappa shape index (κ3) is 4.47. The van der Waals surface area contributed by atoms with E-state index in [2.05, 4.69) is 10.1 Å². The van der Waals surface area contributed by atoms with Gasteiger partial charge >= 0.3 is 5.97 Å². The van der Waals surface area contributed by atoms with Crippen molar-refractivity contribution in [3.05, 3.63) is 59.7 Å². The lowest BCUT2D eigenvalue weighted by molar-refractivity contribution is -0.141. The molecule has 0 saturated carbocycles. The summed E-state index contributed by atoms with van der Waals surface area (Å²) >= 11 is 4.90. The molecule has 0 fully saturated rings. The molecule has 2 aromatic rings. The molecule has 1 atom stereocenters. The summed E-state index contributed by atoms with van der Waals surface area (Å²) in [4.78, 5) is 22.2. The summed E-state index contributed by atoms with van der Waals surface area (Å²) in [6.45, 7) is 0. The number of hydrogen-bond donors (Lipinski definition) is 1. The van der Waals surface area contributed by atoms with Crippen LogP contribution in [0.2, 0.25) is 0 Å². The highest BCUT2D eigenvalue weighted by molar-refractivity contribution is 7.79. The molecule has 0 bridgehead atoms. The molecule has 0 aliphatic rings. The second-order valence-corrected chi connectivity index (χ2v) is 5.21. The maximum Gasteiger partial charge on any atom is 0.307 e. The number of nitrogens with one attached hydrogen (secondary N) is 1. The van der Waals surface area contributed by atoms with Gasteiger partial charge in [0, 0.05) is 5.37 Å². The number of amides is 1. The minimum Gasteiger partial charge on any atom is -0.469 e. The first kappa shape index (κ1) is 16.8. The van der Waals surface area contributed by atoms with Crippen LogP contribution in [0, 0.1) is 0 Å². The molecular formula is C18H17NO3S. The number of hydrogen-bond acceptors (Lipinski definition) is 4. The normalized spacial score (nSPS) is 11.3. The number of thiocarbonyl (C=S) groups is 1.